The highest BCUT2D eigenvalue weighted by atomic mass is 28.2. The molecule has 0 aromatic carbocycles. The Kier molecular flexibility index (Phi) is 5.25. The summed E-state index contributed by atoms with van der Waals surface area (Å²) in [6.07, 6.45) is 0. The number of hydrogen-bond donors (Lipinski definition) is 1. The lowest BCUT2D eigenvalue weighted by Gasteiger charge is -1.94. The summed E-state index contributed by atoms with van der Waals surface area (Å²) in [4.78, 5) is 0. The zero-order chi connectivity index (χ0) is 4.83. The van der Waals surface area contributed by atoms with Crippen molar-refractivity contribution in [3.05, 3.63) is 0 Å². The molecule has 0 aromatic heterocycles. The first-order valence-corrected chi connectivity index (χ1v) is 2.93. The summed E-state index contributed by atoms with van der Waals surface area (Å²) < 4.78 is 4.81. The quantitative estimate of drug-likeness (QED) is 0.278. The Hall–Kier alpha value is 0.137. The zero-order valence-corrected chi connectivity index (χ0v) is 6.32. The van der Waals surface area contributed by atoms with Crippen molar-refractivity contribution < 1.29 is 4.43 Å². The van der Waals surface area contributed by atoms with Gasteiger partial charge in [-0.1, -0.05) is 6.92 Å². The van der Waals surface area contributed by atoms with Crippen molar-refractivity contribution in [1.82, 2.24) is 5.32 Å². The van der Waals surface area contributed by atoms with Gasteiger partial charge < -0.3 is 4.43 Å². The number of rotatable bonds is 3. The molecule has 0 amide bonds. The van der Waals surface area contributed by atoms with Crippen LogP contribution in [0.5, 0.6) is 0 Å². The van der Waals surface area contributed by atoms with E-state index in [1.165, 1.54) is 0 Å². The number of nitrogens with one attached hydrogen (secondary N) is 1. The van der Waals surface area contributed by atoms with Gasteiger partial charge in [0.15, 0.2) is 0 Å². The van der Waals surface area contributed by atoms with Crippen molar-refractivity contribution in [2.24, 2.45) is 0 Å². The standard InChI is InChI=1S/C3H11NOSi/c1-2-4-3-5-6/h4H,2-3H2,1,6H3. The van der Waals surface area contributed by atoms with E-state index in [0.29, 0.717) is 0 Å². The van der Waals surface area contributed by atoms with Crippen molar-refractivity contribution in [2.75, 3.05) is 13.3 Å². The molecular formula is C3H11NOSi. The van der Waals surface area contributed by atoms with E-state index in [2.05, 4.69) is 12.2 Å². The van der Waals surface area contributed by atoms with Gasteiger partial charge in [0.1, 0.15) is 10.5 Å². The van der Waals surface area contributed by atoms with E-state index >= 15 is 0 Å². The van der Waals surface area contributed by atoms with Gasteiger partial charge in [-0.2, -0.15) is 0 Å². The van der Waals surface area contributed by atoms with E-state index in [1.54, 1.807) is 0 Å². The summed E-state index contributed by atoms with van der Waals surface area (Å²) in [6, 6.07) is 0. The maximum Gasteiger partial charge on any atom is 0.147 e. The van der Waals surface area contributed by atoms with E-state index < -0.39 is 0 Å². The largest absolute Gasteiger partial charge is 0.415 e. The molecule has 6 heavy (non-hydrogen) atoms. The third-order valence-electron chi connectivity index (χ3n) is 0.496. The second-order valence-electron chi connectivity index (χ2n) is 1.04. The Labute approximate surface area is 41.4 Å². The Balaban J connectivity index is 2.34. The molecular weight excluding hydrogens is 94.1 g/mol. The first kappa shape index (κ1) is 6.14. The summed E-state index contributed by atoms with van der Waals surface area (Å²) in [6.45, 7) is 3.78. The molecule has 0 aromatic rings. The van der Waals surface area contributed by atoms with Crippen molar-refractivity contribution >= 4 is 10.5 Å². The molecule has 0 heterocycles. The van der Waals surface area contributed by atoms with Gasteiger partial charge in [-0.05, 0) is 6.54 Å². The Morgan fingerprint density at radius 2 is 2.50 bits per heavy atom. The predicted molar refractivity (Wildman–Crippen MR) is 29.6 cm³/mol. The van der Waals surface area contributed by atoms with Crippen molar-refractivity contribution in [3.63, 3.8) is 0 Å². The Bertz CT molecular complexity index is 22.8. The fraction of sp³-hybridized carbons (Fsp3) is 1.00. The lowest BCUT2D eigenvalue weighted by Crippen LogP contribution is -2.15. The summed E-state index contributed by atoms with van der Waals surface area (Å²) in [7, 11) is 0.841. The molecule has 0 unspecified atom stereocenters. The molecule has 0 spiro atoms. The molecule has 3 heteroatoms. The highest BCUT2D eigenvalue weighted by molar-refractivity contribution is 5.97. The fourth-order valence-electron chi connectivity index (χ4n) is 0.204. The second kappa shape index (κ2) is 5.14. The molecule has 2 nitrogen and oxygen atoms in total. The van der Waals surface area contributed by atoms with Gasteiger partial charge in [-0.15, -0.1) is 0 Å². The molecule has 0 aliphatic heterocycles. The summed E-state index contributed by atoms with van der Waals surface area (Å²) in [5.41, 5.74) is 0. The van der Waals surface area contributed by atoms with E-state index in [-0.39, 0.29) is 0 Å². The van der Waals surface area contributed by atoms with Crippen LogP contribution in [0.1, 0.15) is 6.92 Å². The monoisotopic (exact) mass is 105 g/mol. The first-order chi connectivity index (χ1) is 2.91. The summed E-state index contributed by atoms with van der Waals surface area (Å²) in [5, 5.41) is 3.01. The van der Waals surface area contributed by atoms with Crippen LogP contribution in [-0.4, -0.2) is 23.8 Å². The maximum atomic E-state index is 4.81. The highest BCUT2D eigenvalue weighted by Crippen LogP contribution is 1.53. The molecule has 0 rings (SSSR count). The van der Waals surface area contributed by atoms with Crippen molar-refractivity contribution in [3.8, 4) is 0 Å². The minimum Gasteiger partial charge on any atom is -0.415 e. The normalized spacial score (nSPS) is 9.50. The molecule has 38 valence electrons. The molecule has 0 fully saturated rings. The fourth-order valence-corrected chi connectivity index (χ4v) is 0.408. The third-order valence-corrected chi connectivity index (χ3v) is 0.785. The molecule has 0 radical (unpaired) electrons. The van der Waals surface area contributed by atoms with Crippen LogP contribution in [0.3, 0.4) is 0 Å². The van der Waals surface area contributed by atoms with E-state index in [1.807, 2.05) is 0 Å². The van der Waals surface area contributed by atoms with Gasteiger partial charge in [0.05, 0.1) is 6.73 Å². The zero-order valence-electron chi connectivity index (χ0n) is 4.32. The van der Waals surface area contributed by atoms with Crippen LogP contribution >= 0.6 is 0 Å². The van der Waals surface area contributed by atoms with Crippen molar-refractivity contribution in [2.45, 2.75) is 6.92 Å². The van der Waals surface area contributed by atoms with Gasteiger partial charge in [-0.3, -0.25) is 5.32 Å². The molecule has 0 saturated heterocycles. The second-order valence-corrected chi connectivity index (χ2v) is 1.61. The lowest BCUT2D eigenvalue weighted by molar-refractivity contribution is 0.314. The topological polar surface area (TPSA) is 21.3 Å². The van der Waals surface area contributed by atoms with Crippen LogP contribution < -0.4 is 5.32 Å². The van der Waals surface area contributed by atoms with E-state index in [0.717, 1.165) is 23.8 Å². The Morgan fingerprint density at radius 3 is 2.67 bits per heavy atom. The summed E-state index contributed by atoms with van der Waals surface area (Å²) in [5.74, 6) is 0. The first-order valence-electron chi connectivity index (χ1n) is 2.11. The van der Waals surface area contributed by atoms with Crippen LogP contribution in [0, 0.1) is 0 Å². The molecule has 1 N–H and O–H groups in total. The Morgan fingerprint density at radius 1 is 1.83 bits per heavy atom. The van der Waals surface area contributed by atoms with Crippen LogP contribution in [0.2, 0.25) is 0 Å². The average molecular weight is 105 g/mol. The van der Waals surface area contributed by atoms with Crippen LogP contribution in [0.25, 0.3) is 0 Å². The van der Waals surface area contributed by atoms with Gasteiger partial charge >= 0.3 is 0 Å². The van der Waals surface area contributed by atoms with E-state index in [4.69, 9.17) is 4.43 Å². The summed E-state index contributed by atoms with van der Waals surface area (Å²) >= 11 is 0. The van der Waals surface area contributed by atoms with Crippen LogP contribution in [0.15, 0.2) is 0 Å². The van der Waals surface area contributed by atoms with Gasteiger partial charge in [-0.25, -0.2) is 0 Å². The average Bonchev–Trinajstić information content (AvgIpc) is 1.61. The predicted octanol–water partition coefficient (Wildman–Crippen LogP) is -1.15. The highest BCUT2D eigenvalue weighted by Gasteiger charge is 1.69. The van der Waals surface area contributed by atoms with E-state index in [9.17, 15) is 0 Å². The minimum atomic E-state index is 0.725. The minimum absolute atomic E-state index is 0.725. The third kappa shape index (κ3) is 4.14. The maximum absolute atomic E-state index is 4.81. The molecule has 0 aliphatic carbocycles. The van der Waals surface area contributed by atoms with Crippen LogP contribution in [0.4, 0.5) is 0 Å². The van der Waals surface area contributed by atoms with Gasteiger partial charge in [0.2, 0.25) is 0 Å². The van der Waals surface area contributed by atoms with Gasteiger partial charge in [0.25, 0.3) is 0 Å². The SMILES string of the molecule is CCNCO[SiH3]. The smallest absolute Gasteiger partial charge is 0.147 e. The van der Waals surface area contributed by atoms with Crippen molar-refractivity contribution in [1.29, 1.82) is 0 Å². The number of hydrogen-bond acceptors (Lipinski definition) is 2. The molecule has 0 bridgehead atoms. The molecule has 0 aliphatic rings. The van der Waals surface area contributed by atoms with Gasteiger partial charge in [0, 0.05) is 0 Å². The molecule has 0 atom stereocenters. The van der Waals surface area contributed by atoms with Crippen LogP contribution in [-0.2, 0) is 4.43 Å². The molecule has 0 saturated carbocycles. The lowest BCUT2D eigenvalue weighted by atomic mass is 10.8.